The van der Waals surface area contributed by atoms with E-state index in [1.54, 1.807) is 6.20 Å². The minimum Gasteiger partial charge on any atom is -0.205 e. The second-order valence-electron chi connectivity index (χ2n) is 2.10. The Bertz CT molecular complexity index is 136. The van der Waals surface area contributed by atoms with Gasteiger partial charge in [0.15, 0.2) is 0 Å². The van der Waals surface area contributed by atoms with Crippen molar-refractivity contribution in [3.63, 3.8) is 0 Å². The molecule has 2 nitrogen and oxygen atoms in total. The fourth-order valence-corrected chi connectivity index (χ4v) is 0.711. The molecular weight excluding hydrogens is 124 g/mol. The van der Waals surface area contributed by atoms with E-state index in [9.17, 15) is 0 Å². The van der Waals surface area contributed by atoms with Crippen LogP contribution in [0.25, 0.3) is 0 Å². The molecule has 0 heterocycles. The summed E-state index contributed by atoms with van der Waals surface area (Å²) >= 11 is 0. The van der Waals surface area contributed by atoms with Gasteiger partial charge in [0.25, 0.3) is 0 Å². The van der Waals surface area contributed by atoms with Crippen LogP contribution >= 0.6 is 0 Å². The third-order valence-corrected chi connectivity index (χ3v) is 1.37. The van der Waals surface area contributed by atoms with Crippen LogP contribution in [0, 0.1) is 5.53 Å². The highest BCUT2D eigenvalue weighted by Crippen LogP contribution is 2.09. The van der Waals surface area contributed by atoms with Crippen LogP contribution in [-0.4, -0.2) is 0 Å². The van der Waals surface area contributed by atoms with Gasteiger partial charge in [0.2, 0.25) is 0 Å². The van der Waals surface area contributed by atoms with Gasteiger partial charge in [-0.2, -0.15) is 5.11 Å². The minimum atomic E-state index is 0.981. The third-order valence-electron chi connectivity index (χ3n) is 1.37. The standard InChI is InChI=1S/C8H14N2/c1-3-5-6-8(4-2)7-10-9/h3,7,9H,1,4-6H2,2H3/b8-7-,10-9?. The Hall–Kier alpha value is -0.920. The first kappa shape index (κ1) is 9.08. The predicted octanol–water partition coefficient (Wildman–Crippen LogP) is 3.28. The molecule has 0 saturated carbocycles. The van der Waals surface area contributed by atoms with E-state index in [2.05, 4.69) is 18.6 Å². The molecule has 0 atom stereocenters. The lowest BCUT2D eigenvalue weighted by atomic mass is 10.1. The van der Waals surface area contributed by atoms with Crippen molar-refractivity contribution in [1.29, 1.82) is 5.53 Å². The fraction of sp³-hybridized carbons (Fsp3) is 0.500. The molecule has 0 radical (unpaired) electrons. The third kappa shape index (κ3) is 4.01. The molecule has 10 heavy (non-hydrogen) atoms. The largest absolute Gasteiger partial charge is 0.205 e. The highest BCUT2D eigenvalue weighted by molar-refractivity contribution is 5.00. The fourth-order valence-electron chi connectivity index (χ4n) is 0.711. The molecule has 1 N–H and O–H groups in total. The van der Waals surface area contributed by atoms with Crippen LogP contribution in [0.2, 0.25) is 0 Å². The lowest BCUT2D eigenvalue weighted by molar-refractivity contribution is 0.894. The van der Waals surface area contributed by atoms with E-state index >= 15 is 0 Å². The number of allylic oxidation sites excluding steroid dienone is 2. The van der Waals surface area contributed by atoms with Gasteiger partial charge in [-0.1, -0.05) is 18.6 Å². The van der Waals surface area contributed by atoms with Crippen molar-refractivity contribution in [3.05, 3.63) is 24.4 Å². The van der Waals surface area contributed by atoms with Crippen molar-refractivity contribution in [2.75, 3.05) is 0 Å². The highest BCUT2D eigenvalue weighted by Gasteiger charge is 1.90. The summed E-state index contributed by atoms with van der Waals surface area (Å²) in [6, 6.07) is 0. The molecule has 0 aromatic rings. The predicted molar refractivity (Wildman–Crippen MR) is 43.0 cm³/mol. The molecule has 0 spiro atoms. The van der Waals surface area contributed by atoms with Crippen LogP contribution in [0.3, 0.4) is 0 Å². The van der Waals surface area contributed by atoms with E-state index in [1.165, 1.54) is 5.57 Å². The Morgan fingerprint density at radius 1 is 1.70 bits per heavy atom. The molecule has 0 saturated heterocycles. The highest BCUT2D eigenvalue weighted by atomic mass is 14.9. The number of hydrogen-bond donors (Lipinski definition) is 1. The maximum absolute atomic E-state index is 6.59. The van der Waals surface area contributed by atoms with Crippen LogP contribution in [0.4, 0.5) is 0 Å². The molecule has 0 unspecified atom stereocenters. The van der Waals surface area contributed by atoms with Gasteiger partial charge >= 0.3 is 0 Å². The summed E-state index contributed by atoms with van der Waals surface area (Å²) in [7, 11) is 0. The lowest BCUT2D eigenvalue weighted by Gasteiger charge is -1.97. The number of nitrogens with one attached hydrogen (secondary N) is 1. The van der Waals surface area contributed by atoms with Gasteiger partial charge in [-0.15, -0.1) is 6.58 Å². The van der Waals surface area contributed by atoms with Gasteiger partial charge in [-0.3, -0.25) is 0 Å². The van der Waals surface area contributed by atoms with E-state index in [4.69, 9.17) is 5.53 Å². The van der Waals surface area contributed by atoms with Crippen molar-refractivity contribution in [3.8, 4) is 0 Å². The summed E-state index contributed by atoms with van der Waals surface area (Å²) < 4.78 is 0. The first-order valence-corrected chi connectivity index (χ1v) is 3.50. The Kier molecular flexibility index (Phi) is 5.63. The molecule has 56 valence electrons. The summed E-state index contributed by atoms with van der Waals surface area (Å²) in [5.74, 6) is 0. The number of nitrogens with zero attached hydrogens (tertiary/aromatic N) is 1. The Morgan fingerprint density at radius 3 is 2.80 bits per heavy atom. The van der Waals surface area contributed by atoms with Gasteiger partial charge in [0.1, 0.15) is 0 Å². The van der Waals surface area contributed by atoms with Crippen LogP contribution in [0.5, 0.6) is 0 Å². The average molecular weight is 138 g/mol. The van der Waals surface area contributed by atoms with E-state index < -0.39 is 0 Å². The minimum absolute atomic E-state index is 0.981. The molecule has 0 rings (SSSR count). The smallest absolute Gasteiger partial charge is 0.0480 e. The number of rotatable bonds is 5. The zero-order valence-corrected chi connectivity index (χ0v) is 6.43. The van der Waals surface area contributed by atoms with Gasteiger partial charge in [0.05, 0.1) is 0 Å². The molecule has 0 aliphatic rings. The molecule has 0 aliphatic heterocycles. The van der Waals surface area contributed by atoms with Crippen LogP contribution in [0.1, 0.15) is 26.2 Å². The SMILES string of the molecule is C=CCC/C(=C\N=N)CC. The number of hydrogen-bond acceptors (Lipinski definition) is 2. The van der Waals surface area contributed by atoms with E-state index in [0.717, 1.165) is 19.3 Å². The van der Waals surface area contributed by atoms with Crippen LogP contribution in [-0.2, 0) is 0 Å². The second kappa shape index (κ2) is 6.20. The Morgan fingerprint density at radius 2 is 2.40 bits per heavy atom. The molecule has 2 heteroatoms. The molecular formula is C8H14N2. The van der Waals surface area contributed by atoms with E-state index in [0.29, 0.717) is 0 Å². The quantitative estimate of drug-likeness (QED) is 0.447. The van der Waals surface area contributed by atoms with Crippen molar-refractivity contribution < 1.29 is 0 Å². The summed E-state index contributed by atoms with van der Waals surface area (Å²) in [5.41, 5.74) is 7.81. The lowest BCUT2D eigenvalue weighted by Crippen LogP contribution is -1.78. The topological polar surface area (TPSA) is 36.2 Å². The Balaban J connectivity index is 3.70. The van der Waals surface area contributed by atoms with Gasteiger partial charge in [0, 0.05) is 6.20 Å². The van der Waals surface area contributed by atoms with E-state index in [1.807, 2.05) is 6.08 Å². The molecule has 0 bridgehead atoms. The molecule has 0 aliphatic carbocycles. The summed E-state index contributed by atoms with van der Waals surface area (Å²) in [5, 5.41) is 3.21. The maximum Gasteiger partial charge on any atom is 0.0480 e. The van der Waals surface area contributed by atoms with Gasteiger partial charge in [-0.05, 0) is 19.3 Å². The second-order valence-corrected chi connectivity index (χ2v) is 2.10. The monoisotopic (exact) mass is 138 g/mol. The van der Waals surface area contributed by atoms with Crippen LogP contribution < -0.4 is 0 Å². The summed E-state index contributed by atoms with van der Waals surface area (Å²) in [6.07, 6.45) is 6.45. The normalized spacial score (nSPS) is 11.1. The van der Waals surface area contributed by atoms with Crippen molar-refractivity contribution >= 4 is 0 Å². The zero-order valence-electron chi connectivity index (χ0n) is 6.43. The van der Waals surface area contributed by atoms with E-state index in [-0.39, 0.29) is 0 Å². The molecule has 0 aromatic heterocycles. The van der Waals surface area contributed by atoms with Gasteiger partial charge < -0.3 is 0 Å². The Labute approximate surface area is 62.2 Å². The van der Waals surface area contributed by atoms with Crippen LogP contribution in [0.15, 0.2) is 29.5 Å². The first-order valence-electron chi connectivity index (χ1n) is 3.50. The summed E-state index contributed by atoms with van der Waals surface area (Å²) in [4.78, 5) is 0. The summed E-state index contributed by atoms with van der Waals surface area (Å²) in [6.45, 7) is 5.69. The zero-order chi connectivity index (χ0) is 7.82. The van der Waals surface area contributed by atoms with Crippen molar-refractivity contribution in [1.82, 2.24) is 0 Å². The molecule has 0 amide bonds. The van der Waals surface area contributed by atoms with Crippen molar-refractivity contribution in [2.45, 2.75) is 26.2 Å². The first-order chi connectivity index (χ1) is 4.85. The molecule has 0 aromatic carbocycles. The maximum atomic E-state index is 6.59. The van der Waals surface area contributed by atoms with Gasteiger partial charge in [-0.25, -0.2) is 5.53 Å². The average Bonchev–Trinajstić information content (AvgIpc) is 1.98. The molecule has 0 fully saturated rings. The van der Waals surface area contributed by atoms with Crippen molar-refractivity contribution in [2.24, 2.45) is 5.11 Å².